The van der Waals surface area contributed by atoms with Crippen LogP contribution in [0.15, 0.2) is 0 Å². The first-order valence-corrected chi connectivity index (χ1v) is 7.27. The van der Waals surface area contributed by atoms with Crippen molar-refractivity contribution >= 4 is 18.3 Å². The Hall–Kier alpha value is -0.280. The molecule has 2 fully saturated rings. The summed E-state index contributed by atoms with van der Waals surface area (Å²) >= 11 is 0. The second-order valence-electron chi connectivity index (χ2n) is 5.86. The lowest BCUT2D eigenvalue weighted by Crippen LogP contribution is -2.44. The number of rotatable bonds is 2. The Morgan fingerprint density at radius 2 is 1.94 bits per heavy atom. The van der Waals surface area contributed by atoms with Crippen LogP contribution in [0.3, 0.4) is 0 Å². The fraction of sp³-hybridized carbons (Fsp3) is 0.929. The molecule has 3 nitrogen and oxygen atoms in total. The molecule has 4 heteroatoms. The van der Waals surface area contributed by atoms with E-state index in [1.165, 1.54) is 32.1 Å². The van der Waals surface area contributed by atoms with E-state index in [0.29, 0.717) is 6.04 Å². The minimum atomic E-state index is 0. The van der Waals surface area contributed by atoms with Gasteiger partial charge in [-0.2, -0.15) is 0 Å². The molecule has 1 aliphatic carbocycles. The van der Waals surface area contributed by atoms with Gasteiger partial charge in [-0.15, -0.1) is 12.4 Å². The van der Waals surface area contributed by atoms with E-state index in [9.17, 15) is 4.79 Å². The van der Waals surface area contributed by atoms with Gasteiger partial charge in [0.2, 0.25) is 5.91 Å². The monoisotopic (exact) mass is 274 g/mol. The molecule has 1 aliphatic heterocycles. The summed E-state index contributed by atoms with van der Waals surface area (Å²) in [5.41, 5.74) is 0. The van der Waals surface area contributed by atoms with Crippen molar-refractivity contribution in [2.45, 2.75) is 57.9 Å². The number of carbonyl (C=O) groups excluding carboxylic acids is 1. The van der Waals surface area contributed by atoms with Gasteiger partial charge in [0.15, 0.2) is 0 Å². The second kappa shape index (κ2) is 8.00. The SMILES string of the molecule is CC1CCCC(NC(=O)[C@@H]2CCCNC2)CC1.Cl. The maximum atomic E-state index is 12.1. The molecule has 0 spiro atoms. The average Bonchev–Trinajstić information content (AvgIpc) is 2.56. The van der Waals surface area contributed by atoms with Crippen LogP contribution in [0, 0.1) is 11.8 Å². The van der Waals surface area contributed by atoms with Crippen molar-refractivity contribution in [2.24, 2.45) is 11.8 Å². The summed E-state index contributed by atoms with van der Waals surface area (Å²) < 4.78 is 0. The number of hydrogen-bond acceptors (Lipinski definition) is 2. The van der Waals surface area contributed by atoms with Crippen LogP contribution in [-0.2, 0) is 4.79 Å². The fourth-order valence-corrected chi connectivity index (χ4v) is 3.03. The fourth-order valence-electron chi connectivity index (χ4n) is 3.03. The quantitative estimate of drug-likeness (QED) is 0.760. The van der Waals surface area contributed by atoms with Crippen LogP contribution >= 0.6 is 12.4 Å². The van der Waals surface area contributed by atoms with E-state index >= 15 is 0 Å². The summed E-state index contributed by atoms with van der Waals surface area (Å²) in [6, 6.07) is 0.439. The molecule has 1 amide bonds. The Labute approximate surface area is 117 Å². The van der Waals surface area contributed by atoms with Crippen LogP contribution in [0.1, 0.15) is 51.9 Å². The summed E-state index contributed by atoms with van der Waals surface area (Å²) in [6.07, 6.45) is 8.42. The van der Waals surface area contributed by atoms with Gasteiger partial charge in [0.1, 0.15) is 0 Å². The van der Waals surface area contributed by atoms with Crippen LogP contribution < -0.4 is 10.6 Å². The van der Waals surface area contributed by atoms with Crippen molar-refractivity contribution in [3.05, 3.63) is 0 Å². The molecule has 106 valence electrons. The number of piperidine rings is 1. The number of carbonyl (C=O) groups is 1. The van der Waals surface area contributed by atoms with E-state index < -0.39 is 0 Å². The first-order chi connectivity index (χ1) is 8.25. The average molecular weight is 275 g/mol. The van der Waals surface area contributed by atoms with E-state index in [-0.39, 0.29) is 24.2 Å². The predicted molar refractivity (Wildman–Crippen MR) is 77.0 cm³/mol. The molecule has 18 heavy (non-hydrogen) atoms. The lowest BCUT2D eigenvalue weighted by atomic mass is 9.97. The van der Waals surface area contributed by atoms with Crippen molar-refractivity contribution in [2.75, 3.05) is 13.1 Å². The zero-order valence-electron chi connectivity index (χ0n) is 11.4. The van der Waals surface area contributed by atoms with Crippen molar-refractivity contribution in [3.8, 4) is 0 Å². The Kier molecular flexibility index (Phi) is 7.02. The van der Waals surface area contributed by atoms with Crippen LogP contribution in [-0.4, -0.2) is 25.0 Å². The third-order valence-corrected chi connectivity index (χ3v) is 4.27. The maximum Gasteiger partial charge on any atom is 0.224 e. The molecule has 2 unspecified atom stereocenters. The largest absolute Gasteiger partial charge is 0.353 e. The number of hydrogen-bond donors (Lipinski definition) is 2. The molecule has 1 heterocycles. The molecule has 0 aromatic heterocycles. The third kappa shape index (κ3) is 4.77. The predicted octanol–water partition coefficient (Wildman–Crippen LogP) is 2.49. The first-order valence-electron chi connectivity index (χ1n) is 7.27. The normalized spacial score (nSPS) is 33.1. The van der Waals surface area contributed by atoms with Crippen molar-refractivity contribution in [1.82, 2.24) is 10.6 Å². The summed E-state index contributed by atoms with van der Waals surface area (Å²) in [5, 5.41) is 6.58. The van der Waals surface area contributed by atoms with Crippen LogP contribution in [0.4, 0.5) is 0 Å². The molecule has 3 atom stereocenters. The molecular formula is C14H27ClN2O. The molecule has 1 saturated heterocycles. The van der Waals surface area contributed by atoms with E-state index in [1.807, 2.05) is 0 Å². The summed E-state index contributed by atoms with van der Waals surface area (Å²) in [7, 11) is 0. The molecule has 1 saturated carbocycles. The Morgan fingerprint density at radius 3 is 2.67 bits per heavy atom. The zero-order chi connectivity index (χ0) is 12.1. The number of amides is 1. The number of halogens is 1. The van der Waals surface area contributed by atoms with Gasteiger partial charge in [-0.1, -0.05) is 19.8 Å². The van der Waals surface area contributed by atoms with Gasteiger partial charge < -0.3 is 10.6 Å². The van der Waals surface area contributed by atoms with Gasteiger partial charge in [0, 0.05) is 12.6 Å². The van der Waals surface area contributed by atoms with E-state index in [4.69, 9.17) is 0 Å². The minimum absolute atomic E-state index is 0. The molecule has 0 radical (unpaired) electrons. The van der Waals surface area contributed by atoms with Gasteiger partial charge in [-0.25, -0.2) is 0 Å². The van der Waals surface area contributed by atoms with Gasteiger partial charge in [0.05, 0.1) is 5.92 Å². The summed E-state index contributed by atoms with van der Waals surface area (Å²) in [5.74, 6) is 1.34. The minimum Gasteiger partial charge on any atom is -0.353 e. The van der Waals surface area contributed by atoms with E-state index in [0.717, 1.165) is 31.8 Å². The highest BCUT2D eigenvalue weighted by molar-refractivity contribution is 5.85. The van der Waals surface area contributed by atoms with Crippen molar-refractivity contribution < 1.29 is 4.79 Å². The third-order valence-electron chi connectivity index (χ3n) is 4.27. The highest BCUT2D eigenvalue weighted by atomic mass is 35.5. The molecule has 0 aromatic rings. The van der Waals surface area contributed by atoms with Crippen molar-refractivity contribution in [1.29, 1.82) is 0 Å². The lowest BCUT2D eigenvalue weighted by molar-refractivity contribution is -0.126. The van der Waals surface area contributed by atoms with Crippen LogP contribution in [0.2, 0.25) is 0 Å². The topological polar surface area (TPSA) is 41.1 Å². The standard InChI is InChI=1S/C14H26N2O.ClH/c1-11-4-2-6-13(8-7-11)16-14(17)12-5-3-9-15-10-12;/h11-13,15H,2-10H2,1H3,(H,16,17);1H/t11?,12-,13?;/m1./s1. The maximum absolute atomic E-state index is 12.1. The molecule has 2 N–H and O–H groups in total. The summed E-state index contributed by atoms with van der Waals surface area (Å²) in [4.78, 5) is 12.1. The Bertz CT molecular complexity index is 254. The molecule has 2 aliphatic rings. The first kappa shape index (κ1) is 15.8. The van der Waals surface area contributed by atoms with E-state index in [1.54, 1.807) is 0 Å². The molecule has 0 aromatic carbocycles. The Balaban J connectivity index is 0.00000162. The lowest BCUT2D eigenvalue weighted by Gasteiger charge is -2.25. The Morgan fingerprint density at radius 1 is 1.11 bits per heavy atom. The van der Waals surface area contributed by atoms with Crippen molar-refractivity contribution in [3.63, 3.8) is 0 Å². The molecule has 2 rings (SSSR count). The van der Waals surface area contributed by atoms with Crippen LogP contribution in [0.25, 0.3) is 0 Å². The van der Waals surface area contributed by atoms with E-state index in [2.05, 4.69) is 17.6 Å². The van der Waals surface area contributed by atoms with Gasteiger partial charge in [0.25, 0.3) is 0 Å². The smallest absolute Gasteiger partial charge is 0.224 e. The summed E-state index contributed by atoms with van der Waals surface area (Å²) in [6.45, 7) is 4.27. The highest BCUT2D eigenvalue weighted by Crippen LogP contribution is 2.23. The number of nitrogens with one attached hydrogen (secondary N) is 2. The van der Waals surface area contributed by atoms with Gasteiger partial charge >= 0.3 is 0 Å². The van der Waals surface area contributed by atoms with Crippen LogP contribution in [0.5, 0.6) is 0 Å². The van der Waals surface area contributed by atoms with Gasteiger partial charge in [-0.3, -0.25) is 4.79 Å². The highest BCUT2D eigenvalue weighted by Gasteiger charge is 2.24. The zero-order valence-corrected chi connectivity index (χ0v) is 12.2. The second-order valence-corrected chi connectivity index (χ2v) is 5.86. The van der Waals surface area contributed by atoms with Gasteiger partial charge in [-0.05, 0) is 44.6 Å². The molecular weight excluding hydrogens is 248 g/mol. The molecule has 0 bridgehead atoms.